The van der Waals surface area contributed by atoms with E-state index in [0.717, 1.165) is 22.9 Å². The highest BCUT2D eigenvalue weighted by atomic mass is 29.3. The predicted molar refractivity (Wildman–Crippen MR) is 175 cm³/mol. The maximum Gasteiger partial charge on any atom is 0.0737 e. The Balaban J connectivity index is 2.58. The first kappa shape index (κ1) is 28.8. The van der Waals surface area contributed by atoms with Gasteiger partial charge in [0.05, 0.1) is 47.5 Å². The number of rotatable bonds is 4. The lowest BCUT2D eigenvalue weighted by molar-refractivity contribution is 0.432. The van der Waals surface area contributed by atoms with Crippen molar-refractivity contribution >= 4 is 47.5 Å². The second kappa shape index (κ2) is 8.38. The van der Waals surface area contributed by atoms with Gasteiger partial charge in [-0.05, 0) is 22.9 Å². The second-order valence-electron chi connectivity index (χ2n) is 17.0. The van der Waals surface area contributed by atoms with E-state index in [4.69, 9.17) is 0 Å². The zero-order valence-electron chi connectivity index (χ0n) is 25.6. The summed E-state index contributed by atoms with van der Waals surface area (Å²) in [5, 5.41) is 7.79. The average Bonchev–Trinajstić information content (AvgIpc) is 2.61. The van der Waals surface area contributed by atoms with Gasteiger partial charge >= 0.3 is 0 Å². The quantitative estimate of drug-likeness (QED) is 0.300. The molecule has 0 radical (unpaired) electrons. The maximum absolute atomic E-state index is 2.79. The van der Waals surface area contributed by atoms with E-state index in [1.54, 1.807) is 0 Å². The molecular formula is C28H56Si6. The van der Waals surface area contributed by atoms with Crippen molar-refractivity contribution < 1.29 is 0 Å². The predicted octanol–water partition coefficient (Wildman–Crippen LogP) is 9.71. The third kappa shape index (κ3) is 4.55. The molecule has 1 fully saturated rings. The van der Waals surface area contributed by atoms with Crippen LogP contribution in [0, 0.1) is 11.8 Å². The molecule has 0 nitrogen and oxygen atoms in total. The molecule has 4 bridgehead atoms. The highest BCUT2D eigenvalue weighted by Crippen LogP contribution is 2.64. The van der Waals surface area contributed by atoms with Crippen molar-refractivity contribution in [3.63, 3.8) is 0 Å². The Morgan fingerprint density at radius 1 is 0.471 bits per heavy atom. The lowest BCUT2D eigenvalue weighted by Gasteiger charge is -2.62. The number of hydrogen-bond acceptors (Lipinski definition) is 0. The number of fused-ring (bicyclic) bond motifs is 5. The largest absolute Gasteiger partial charge is 0.0821 e. The second-order valence-corrected chi connectivity index (χ2v) is 53.0. The van der Waals surface area contributed by atoms with Crippen LogP contribution in [0.3, 0.4) is 0 Å². The molecule has 0 N–H and O–H groups in total. The van der Waals surface area contributed by atoms with Crippen molar-refractivity contribution in [1.82, 2.24) is 0 Å². The Hall–Kier alpha value is 0.261. The zero-order chi connectivity index (χ0) is 26.4. The fourth-order valence-electron chi connectivity index (χ4n) is 7.76. The van der Waals surface area contributed by atoms with Gasteiger partial charge in [0.25, 0.3) is 0 Å². The third-order valence-corrected chi connectivity index (χ3v) is 38.2. The van der Waals surface area contributed by atoms with Crippen LogP contribution in [0.15, 0.2) is 45.1 Å². The average molecular weight is 561 g/mol. The molecule has 0 aromatic rings. The van der Waals surface area contributed by atoms with E-state index in [1.165, 1.54) is 0 Å². The summed E-state index contributed by atoms with van der Waals surface area (Å²) in [7, 11) is -9.06. The Morgan fingerprint density at radius 2 is 0.735 bits per heavy atom. The molecule has 34 heavy (non-hydrogen) atoms. The summed E-state index contributed by atoms with van der Waals surface area (Å²) in [6.45, 7) is 43.3. The summed E-state index contributed by atoms with van der Waals surface area (Å²) >= 11 is 0. The molecular weight excluding hydrogens is 505 g/mol. The summed E-state index contributed by atoms with van der Waals surface area (Å²) < 4.78 is 0. The van der Waals surface area contributed by atoms with Crippen LogP contribution in [0.5, 0.6) is 0 Å². The SMILES string of the molecule is C[Si](C)(C)C1=CC=C2C([Si](C)(C)C)C1C1C([Si](C)(C)C)=CC=C(C1[Si](C)(C)C)[Si](C)(C)[Si]2(C)C. The van der Waals surface area contributed by atoms with Crippen molar-refractivity contribution in [1.29, 1.82) is 0 Å². The fourth-order valence-corrected chi connectivity index (χ4v) is 32.7. The van der Waals surface area contributed by atoms with Gasteiger partial charge in [0.2, 0.25) is 0 Å². The van der Waals surface area contributed by atoms with Gasteiger partial charge in [-0.3, -0.25) is 0 Å². The Morgan fingerprint density at radius 3 is 0.941 bits per heavy atom. The zero-order valence-corrected chi connectivity index (χ0v) is 31.6. The van der Waals surface area contributed by atoms with Crippen molar-refractivity contribution in [3.05, 3.63) is 45.1 Å². The van der Waals surface area contributed by atoms with Gasteiger partial charge in [0.15, 0.2) is 0 Å². The van der Waals surface area contributed by atoms with Crippen LogP contribution in [-0.4, -0.2) is 47.5 Å². The van der Waals surface area contributed by atoms with E-state index in [-0.39, 0.29) is 0 Å². The molecule has 3 aliphatic rings. The van der Waals surface area contributed by atoms with E-state index < -0.39 is 47.5 Å². The van der Waals surface area contributed by atoms with E-state index in [0.29, 0.717) is 0 Å². The highest BCUT2D eigenvalue weighted by Gasteiger charge is 2.62. The maximum atomic E-state index is 2.79. The summed E-state index contributed by atoms with van der Waals surface area (Å²) in [4.78, 5) is 0. The minimum atomic E-state index is -1.61. The molecule has 1 saturated heterocycles. The van der Waals surface area contributed by atoms with E-state index in [1.807, 2.05) is 20.8 Å². The fraction of sp³-hybridized carbons (Fsp3) is 0.714. The van der Waals surface area contributed by atoms with E-state index >= 15 is 0 Å². The first-order valence-corrected chi connectivity index (χ1v) is 35.0. The van der Waals surface area contributed by atoms with E-state index in [9.17, 15) is 0 Å². The Labute approximate surface area is 219 Å². The smallest absolute Gasteiger partial charge is 0.0737 e. The van der Waals surface area contributed by atoms with Gasteiger partial charge in [-0.2, -0.15) is 0 Å². The molecule has 0 aromatic carbocycles. The Bertz CT molecular complexity index is 884. The normalized spacial score (nSPS) is 31.5. The Kier molecular flexibility index (Phi) is 7.11. The van der Waals surface area contributed by atoms with Gasteiger partial charge in [-0.1, -0.05) is 150 Å². The number of hydrogen-bond donors (Lipinski definition) is 0. The van der Waals surface area contributed by atoms with Crippen LogP contribution in [0.25, 0.3) is 0 Å². The van der Waals surface area contributed by atoms with Gasteiger partial charge in [-0.25, -0.2) is 0 Å². The minimum absolute atomic E-state index is 0.758. The molecule has 192 valence electrons. The van der Waals surface area contributed by atoms with Gasteiger partial charge in [0.1, 0.15) is 0 Å². The van der Waals surface area contributed by atoms with Crippen LogP contribution < -0.4 is 0 Å². The van der Waals surface area contributed by atoms with Gasteiger partial charge < -0.3 is 0 Å². The molecule has 2 aliphatic carbocycles. The van der Waals surface area contributed by atoms with E-state index in [2.05, 4.69) is 129 Å². The summed E-state index contributed by atoms with van der Waals surface area (Å²) in [6, 6.07) is 0. The third-order valence-electron chi connectivity index (χ3n) is 9.98. The lowest BCUT2D eigenvalue weighted by Crippen LogP contribution is -2.66. The summed E-state index contributed by atoms with van der Waals surface area (Å²) in [5.41, 5.74) is 1.66. The van der Waals surface area contributed by atoms with Crippen molar-refractivity contribution in [2.24, 2.45) is 11.8 Å². The van der Waals surface area contributed by atoms with Crippen LogP contribution in [0.2, 0.25) is 116 Å². The first-order valence-electron chi connectivity index (χ1n) is 13.8. The first-order chi connectivity index (χ1) is 14.9. The van der Waals surface area contributed by atoms with Crippen molar-refractivity contribution in [2.75, 3.05) is 0 Å². The molecule has 3 rings (SSSR count). The molecule has 1 heterocycles. The lowest BCUT2D eigenvalue weighted by atomic mass is 9.80. The molecule has 0 aromatic heterocycles. The number of allylic oxidation sites excluding steroid dienone is 8. The summed E-state index contributed by atoms with van der Waals surface area (Å²) in [6.07, 6.45) is 11.0. The monoisotopic (exact) mass is 560 g/mol. The van der Waals surface area contributed by atoms with Gasteiger partial charge in [0, 0.05) is 0 Å². The molecule has 6 heteroatoms. The molecule has 0 spiro atoms. The highest BCUT2D eigenvalue weighted by molar-refractivity contribution is 7.46. The van der Waals surface area contributed by atoms with Gasteiger partial charge in [-0.15, -0.1) is 0 Å². The van der Waals surface area contributed by atoms with Crippen LogP contribution in [-0.2, 0) is 0 Å². The standard InChI is InChI=1S/C28H56Si6/c1-29(2,3)21-17-19-23-27(31(7,8)9)25(21)26-22(30(4,5)6)18-20-24(28(26)32(10,11)12)34(15,16)33(23,13)14/h17-20,25-28H,1-16H3. The van der Waals surface area contributed by atoms with Crippen LogP contribution in [0.4, 0.5) is 0 Å². The topological polar surface area (TPSA) is 0 Å². The molecule has 0 amide bonds. The molecule has 4 unspecified atom stereocenters. The molecule has 4 atom stereocenters. The van der Waals surface area contributed by atoms with Crippen molar-refractivity contribution in [3.8, 4) is 0 Å². The summed E-state index contributed by atoms with van der Waals surface area (Å²) in [5.74, 6) is 1.52. The molecule has 0 saturated carbocycles. The van der Waals surface area contributed by atoms with Crippen LogP contribution in [0.1, 0.15) is 0 Å². The minimum Gasteiger partial charge on any atom is -0.0821 e. The molecule has 1 aliphatic heterocycles. The van der Waals surface area contributed by atoms with Crippen molar-refractivity contribution in [2.45, 2.75) is 116 Å². The van der Waals surface area contributed by atoms with Crippen LogP contribution >= 0.6 is 0 Å².